The van der Waals surface area contributed by atoms with Crippen molar-refractivity contribution in [1.82, 2.24) is 0 Å². The summed E-state index contributed by atoms with van der Waals surface area (Å²) in [5, 5.41) is 0. The number of halogens is 1. The molecule has 0 aromatic rings. The minimum Gasteiger partial charge on any atom is -0.298 e. The van der Waals surface area contributed by atoms with Crippen LogP contribution in [0.25, 0.3) is 0 Å². The van der Waals surface area contributed by atoms with Gasteiger partial charge in [-0.05, 0) is 17.9 Å². The third-order valence-electron chi connectivity index (χ3n) is 0.717. The Bertz CT molecular complexity index is 152. The molecule has 2 heteroatoms. The molecule has 0 saturated carbocycles. The van der Waals surface area contributed by atoms with E-state index in [1.165, 1.54) is 0 Å². The van der Waals surface area contributed by atoms with Crippen LogP contribution in [-0.4, -0.2) is 6.29 Å². The van der Waals surface area contributed by atoms with E-state index in [4.69, 9.17) is 0 Å². The number of allylic oxidation sites excluding steroid dienone is 3. The molecule has 0 aromatic carbocycles. The van der Waals surface area contributed by atoms with Gasteiger partial charge in [-0.2, -0.15) is 0 Å². The third-order valence-corrected chi connectivity index (χ3v) is 1.44. The Hall–Kier alpha value is -0.120. The van der Waals surface area contributed by atoms with Crippen LogP contribution in [0.4, 0.5) is 0 Å². The average molecular weight is 236 g/mol. The largest absolute Gasteiger partial charge is 0.298 e. The zero-order valence-electron chi connectivity index (χ0n) is 5.52. The van der Waals surface area contributed by atoms with E-state index >= 15 is 0 Å². The Labute approximate surface area is 69.0 Å². The van der Waals surface area contributed by atoms with Crippen LogP contribution < -0.4 is 0 Å². The Morgan fingerprint density at radius 2 is 2.00 bits per heavy atom. The molecule has 0 aliphatic heterocycles. The van der Waals surface area contributed by atoms with Crippen molar-refractivity contribution < 1.29 is 4.79 Å². The number of hydrogen-bond donors (Lipinski definition) is 0. The van der Waals surface area contributed by atoms with Gasteiger partial charge in [0.2, 0.25) is 0 Å². The Balaban J connectivity index is 4.18. The lowest BCUT2D eigenvalue weighted by Gasteiger charge is -1.87. The minimum absolute atomic E-state index is 0.732. The molecule has 0 spiro atoms. The van der Waals surface area contributed by atoms with Gasteiger partial charge >= 0.3 is 0 Å². The summed E-state index contributed by atoms with van der Waals surface area (Å²) in [6.07, 6.45) is 2.69. The van der Waals surface area contributed by atoms with Crippen molar-refractivity contribution in [2.45, 2.75) is 13.8 Å². The zero-order chi connectivity index (χ0) is 7.28. The lowest BCUT2D eigenvalue weighted by molar-refractivity contribution is -0.104. The molecule has 1 nitrogen and oxygen atoms in total. The normalized spacial score (nSPS) is 10.8. The van der Waals surface area contributed by atoms with Crippen LogP contribution in [0, 0.1) is 0 Å². The quantitative estimate of drug-likeness (QED) is 0.311. The molecular formula is C7H9IO. The molecule has 0 aromatic heterocycles. The molecule has 9 heavy (non-hydrogen) atoms. The maximum Gasteiger partial charge on any atom is 0.150 e. The topological polar surface area (TPSA) is 17.1 Å². The molecule has 0 aliphatic rings. The van der Waals surface area contributed by atoms with Crippen LogP contribution >= 0.6 is 22.6 Å². The summed E-state index contributed by atoms with van der Waals surface area (Å²) in [5.41, 5.74) is 1.88. The van der Waals surface area contributed by atoms with E-state index in [0.717, 1.165) is 17.4 Å². The third kappa shape index (κ3) is 4.39. The molecular weight excluding hydrogens is 227 g/mol. The van der Waals surface area contributed by atoms with Crippen LogP contribution in [0.3, 0.4) is 0 Å². The number of carbonyl (C=O) groups excluding carboxylic acids is 1. The molecule has 0 fully saturated rings. The van der Waals surface area contributed by atoms with Crippen LogP contribution in [0.5, 0.6) is 0 Å². The number of carbonyl (C=O) groups is 1. The summed E-state index contributed by atoms with van der Waals surface area (Å²) in [4.78, 5) is 10.2. The molecule has 0 aliphatic carbocycles. The highest BCUT2D eigenvalue weighted by molar-refractivity contribution is 14.1. The van der Waals surface area contributed by atoms with Gasteiger partial charge in [-0.1, -0.05) is 34.2 Å². The Morgan fingerprint density at radius 1 is 1.44 bits per heavy atom. The van der Waals surface area contributed by atoms with E-state index in [0.29, 0.717) is 0 Å². The first-order valence-corrected chi connectivity index (χ1v) is 3.85. The second-order valence-electron chi connectivity index (χ2n) is 1.95. The highest BCUT2D eigenvalue weighted by atomic mass is 127. The molecule has 0 bridgehead atoms. The highest BCUT2D eigenvalue weighted by Gasteiger charge is 1.85. The first-order chi connectivity index (χ1) is 4.20. The first kappa shape index (κ1) is 8.88. The first-order valence-electron chi connectivity index (χ1n) is 2.61. The van der Waals surface area contributed by atoms with Gasteiger partial charge < -0.3 is 0 Å². The molecule has 50 valence electrons. The van der Waals surface area contributed by atoms with Crippen molar-refractivity contribution in [2.24, 2.45) is 0 Å². The predicted molar refractivity (Wildman–Crippen MR) is 47.6 cm³/mol. The van der Waals surface area contributed by atoms with E-state index in [1.807, 2.05) is 42.5 Å². The molecule has 0 rings (SSSR count). The smallest absolute Gasteiger partial charge is 0.150 e. The van der Waals surface area contributed by atoms with Crippen molar-refractivity contribution in [2.75, 3.05) is 0 Å². The van der Waals surface area contributed by atoms with Crippen molar-refractivity contribution in [3.63, 3.8) is 0 Å². The van der Waals surface area contributed by atoms with Gasteiger partial charge in [-0.25, -0.2) is 0 Å². The van der Waals surface area contributed by atoms with Gasteiger partial charge in [-0.3, -0.25) is 4.79 Å². The van der Waals surface area contributed by atoms with Gasteiger partial charge in [-0.15, -0.1) is 0 Å². The summed E-state index contributed by atoms with van der Waals surface area (Å²) in [6.45, 7) is 3.92. The van der Waals surface area contributed by atoms with Crippen molar-refractivity contribution in [1.29, 1.82) is 0 Å². The summed E-state index contributed by atoms with van der Waals surface area (Å²) in [6, 6.07) is 0. The Morgan fingerprint density at radius 3 is 2.11 bits per heavy atom. The Kier molecular flexibility index (Phi) is 4.67. The lowest BCUT2D eigenvalue weighted by atomic mass is 10.2. The van der Waals surface area contributed by atoms with Gasteiger partial charge in [0.25, 0.3) is 0 Å². The summed E-state index contributed by atoms with van der Waals surface area (Å²) in [5.74, 6) is 0. The molecule has 0 N–H and O–H groups in total. The fraction of sp³-hybridized carbons (Fsp3) is 0.286. The highest BCUT2D eigenvalue weighted by Crippen LogP contribution is 2.01. The van der Waals surface area contributed by atoms with Crippen molar-refractivity contribution in [3.8, 4) is 0 Å². The van der Waals surface area contributed by atoms with E-state index in [9.17, 15) is 4.79 Å². The van der Waals surface area contributed by atoms with Gasteiger partial charge in [0.15, 0.2) is 6.29 Å². The summed E-state index contributed by atoms with van der Waals surface area (Å²) >= 11 is 2.04. The molecule has 0 unspecified atom stereocenters. The average Bonchev–Trinajstić information content (AvgIpc) is 1.82. The van der Waals surface area contributed by atoms with Gasteiger partial charge in [0, 0.05) is 5.57 Å². The van der Waals surface area contributed by atoms with Crippen molar-refractivity contribution in [3.05, 3.63) is 21.3 Å². The molecule has 0 radical (unpaired) electrons. The predicted octanol–water partition coefficient (Wildman–Crippen LogP) is 2.47. The number of rotatable bonds is 2. The fourth-order valence-corrected chi connectivity index (χ4v) is 0.751. The number of aldehydes is 1. The molecule has 0 saturated heterocycles. The maximum atomic E-state index is 10.2. The SMILES string of the molecule is CC(C)=CC(C=O)=CI. The van der Waals surface area contributed by atoms with Gasteiger partial charge in [0.1, 0.15) is 0 Å². The minimum atomic E-state index is 0.732. The molecule has 0 atom stereocenters. The van der Waals surface area contributed by atoms with Crippen LogP contribution in [-0.2, 0) is 4.79 Å². The lowest BCUT2D eigenvalue weighted by Crippen LogP contribution is -1.76. The van der Waals surface area contributed by atoms with E-state index in [2.05, 4.69) is 0 Å². The van der Waals surface area contributed by atoms with E-state index < -0.39 is 0 Å². The summed E-state index contributed by atoms with van der Waals surface area (Å²) < 4.78 is 1.76. The van der Waals surface area contributed by atoms with Crippen molar-refractivity contribution >= 4 is 28.9 Å². The second-order valence-corrected chi connectivity index (χ2v) is 2.57. The van der Waals surface area contributed by atoms with Crippen LogP contribution in [0.2, 0.25) is 0 Å². The summed E-state index contributed by atoms with van der Waals surface area (Å²) in [7, 11) is 0. The van der Waals surface area contributed by atoms with E-state index in [-0.39, 0.29) is 0 Å². The van der Waals surface area contributed by atoms with Crippen LogP contribution in [0.15, 0.2) is 21.3 Å². The van der Waals surface area contributed by atoms with Gasteiger partial charge in [0.05, 0.1) is 0 Å². The van der Waals surface area contributed by atoms with Crippen LogP contribution in [0.1, 0.15) is 13.8 Å². The molecule has 0 amide bonds. The standard InChI is InChI=1S/C7H9IO/c1-6(2)3-7(4-8)5-9/h3-5H,1-2H3. The second kappa shape index (κ2) is 4.73. The zero-order valence-corrected chi connectivity index (χ0v) is 7.68. The number of hydrogen-bond acceptors (Lipinski definition) is 1. The fourth-order valence-electron chi connectivity index (χ4n) is 0.425. The molecule has 0 heterocycles. The monoisotopic (exact) mass is 236 g/mol. The maximum absolute atomic E-state index is 10.2. The van der Waals surface area contributed by atoms with E-state index in [1.54, 1.807) is 4.08 Å².